The van der Waals surface area contributed by atoms with Gasteiger partial charge in [0.05, 0.1) is 0 Å². The number of benzene rings is 3. The summed E-state index contributed by atoms with van der Waals surface area (Å²) in [4.78, 5) is 28.0. The molecule has 184 valence electrons. The van der Waals surface area contributed by atoms with Gasteiger partial charge in [0.15, 0.2) is 0 Å². The average molecular weight is 475 g/mol. The summed E-state index contributed by atoms with van der Waals surface area (Å²) in [6.07, 6.45) is 1.12. The Morgan fingerprint density at radius 1 is 0.886 bits per heavy atom. The number of likely N-dealkylation sites (N-methyl/N-ethyl adjacent to an activating group) is 1. The first-order valence-corrected chi connectivity index (χ1v) is 12.1. The monoisotopic (exact) mass is 474 g/mol. The van der Waals surface area contributed by atoms with Crippen LogP contribution in [0.1, 0.15) is 49.4 Å². The predicted molar refractivity (Wildman–Crippen MR) is 138 cm³/mol. The number of carbonyl (C=O) groups excluding carboxylic acids is 2. The second kappa shape index (κ2) is 11.8. The van der Waals surface area contributed by atoms with Crippen LogP contribution >= 0.6 is 0 Å². The van der Waals surface area contributed by atoms with E-state index in [4.69, 9.17) is 0 Å². The number of nitrogens with one attached hydrogen (secondary N) is 1. The van der Waals surface area contributed by atoms with E-state index in [0.29, 0.717) is 18.4 Å². The summed E-state index contributed by atoms with van der Waals surface area (Å²) in [7, 11) is 1.56. The largest absolute Gasteiger partial charge is 0.357 e. The van der Waals surface area contributed by atoms with Gasteiger partial charge in [-0.05, 0) is 34.6 Å². The van der Waals surface area contributed by atoms with Crippen LogP contribution in [-0.4, -0.2) is 29.8 Å². The van der Waals surface area contributed by atoms with Crippen LogP contribution in [0.4, 0.5) is 4.39 Å². The van der Waals surface area contributed by atoms with Gasteiger partial charge in [-0.25, -0.2) is 4.39 Å². The normalized spacial score (nSPS) is 12.1. The number of nitrogens with zero attached hydrogens (tertiary/aromatic N) is 1. The summed E-state index contributed by atoms with van der Waals surface area (Å²) in [5, 5.41) is 2.69. The van der Waals surface area contributed by atoms with Crippen molar-refractivity contribution < 1.29 is 14.0 Å². The minimum atomic E-state index is -0.752. The molecule has 0 spiro atoms. The molecule has 0 aromatic heterocycles. The van der Waals surface area contributed by atoms with Crippen molar-refractivity contribution in [2.24, 2.45) is 0 Å². The molecular formula is C30H35FN2O2. The molecule has 0 heterocycles. The Hall–Kier alpha value is -3.47. The number of halogens is 1. The average Bonchev–Trinajstić information content (AvgIpc) is 2.85. The molecule has 0 saturated carbocycles. The fourth-order valence-corrected chi connectivity index (χ4v) is 4.10. The molecule has 2 amide bonds. The summed E-state index contributed by atoms with van der Waals surface area (Å²) in [5.41, 5.74) is 3.67. The van der Waals surface area contributed by atoms with Gasteiger partial charge in [0.1, 0.15) is 11.9 Å². The van der Waals surface area contributed by atoms with Gasteiger partial charge in [-0.1, -0.05) is 93.6 Å². The molecule has 0 bridgehead atoms. The maximum Gasteiger partial charge on any atom is 0.242 e. The fraction of sp³-hybridized carbons (Fsp3) is 0.333. The molecule has 0 unspecified atom stereocenters. The highest BCUT2D eigenvalue weighted by molar-refractivity contribution is 5.88. The van der Waals surface area contributed by atoms with Gasteiger partial charge in [0, 0.05) is 32.0 Å². The lowest BCUT2D eigenvalue weighted by atomic mass is 9.86. The van der Waals surface area contributed by atoms with E-state index in [1.54, 1.807) is 25.2 Å². The number of amides is 2. The molecule has 0 fully saturated rings. The van der Waals surface area contributed by atoms with Crippen LogP contribution in [-0.2, 0) is 34.4 Å². The Morgan fingerprint density at radius 3 is 2.11 bits per heavy atom. The fourth-order valence-electron chi connectivity index (χ4n) is 4.10. The third-order valence-electron chi connectivity index (χ3n) is 6.26. The van der Waals surface area contributed by atoms with Crippen LogP contribution in [0.2, 0.25) is 0 Å². The number of rotatable bonds is 9. The van der Waals surface area contributed by atoms with E-state index in [1.165, 1.54) is 16.5 Å². The topological polar surface area (TPSA) is 49.4 Å². The van der Waals surface area contributed by atoms with E-state index in [0.717, 1.165) is 11.1 Å². The van der Waals surface area contributed by atoms with Crippen molar-refractivity contribution in [2.45, 2.75) is 58.0 Å². The first-order chi connectivity index (χ1) is 16.7. The van der Waals surface area contributed by atoms with E-state index in [9.17, 15) is 14.0 Å². The van der Waals surface area contributed by atoms with E-state index in [2.05, 4.69) is 50.4 Å². The third kappa shape index (κ3) is 7.25. The molecule has 4 nitrogen and oxygen atoms in total. The van der Waals surface area contributed by atoms with Crippen molar-refractivity contribution in [3.05, 3.63) is 107 Å². The summed E-state index contributed by atoms with van der Waals surface area (Å²) in [6.45, 7) is 6.52. The highest BCUT2D eigenvalue weighted by Crippen LogP contribution is 2.23. The Labute approximate surface area is 208 Å². The van der Waals surface area contributed by atoms with Crippen LogP contribution in [0.25, 0.3) is 0 Å². The van der Waals surface area contributed by atoms with Gasteiger partial charge in [0.25, 0.3) is 0 Å². The second-order valence-corrected chi connectivity index (χ2v) is 9.88. The van der Waals surface area contributed by atoms with E-state index < -0.39 is 11.9 Å². The first-order valence-electron chi connectivity index (χ1n) is 12.1. The Kier molecular flexibility index (Phi) is 8.80. The Morgan fingerprint density at radius 2 is 1.51 bits per heavy atom. The lowest BCUT2D eigenvalue weighted by molar-refractivity contribution is -0.141. The van der Waals surface area contributed by atoms with Crippen LogP contribution < -0.4 is 5.32 Å². The molecule has 0 aliphatic heterocycles. The van der Waals surface area contributed by atoms with Crippen molar-refractivity contribution in [3.63, 3.8) is 0 Å². The molecule has 1 atom stereocenters. The zero-order valence-corrected chi connectivity index (χ0v) is 21.1. The number of carbonyl (C=O) groups is 2. The molecule has 1 N–H and O–H groups in total. The van der Waals surface area contributed by atoms with Crippen LogP contribution in [0.5, 0.6) is 0 Å². The highest BCUT2D eigenvalue weighted by Gasteiger charge is 2.30. The summed E-state index contributed by atoms with van der Waals surface area (Å²) < 4.78 is 14.5. The maximum absolute atomic E-state index is 14.5. The molecule has 5 heteroatoms. The molecule has 0 aliphatic rings. The zero-order valence-electron chi connectivity index (χ0n) is 21.1. The molecule has 3 aromatic rings. The summed E-state index contributed by atoms with van der Waals surface area (Å²) >= 11 is 0. The van der Waals surface area contributed by atoms with Crippen molar-refractivity contribution in [2.75, 3.05) is 7.05 Å². The van der Waals surface area contributed by atoms with Crippen LogP contribution in [0.15, 0.2) is 78.9 Å². The minimum Gasteiger partial charge on any atom is -0.357 e. The number of hydrogen-bond donors (Lipinski definition) is 1. The van der Waals surface area contributed by atoms with Crippen molar-refractivity contribution in [1.82, 2.24) is 10.2 Å². The van der Waals surface area contributed by atoms with Crippen molar-refractivity contribution in [3.8, 4) is 0 Å². The minimum absolute atomic E-state index is 0.0272. The predicted octanol–water partition coefficient (Wildman–Crippen LogP) is 5.44. The highest BCUT2D eigenvalue weighted by atomic mass is 19.1. The second-order valence-electron chi connectivity index (χ2n) is 9.88. The van der Waals surface area contributed by atoms with Crippen LogP contribution in [0, 0.1) is 5.82 Å². The maximum atomic E-state index is 14.5. The number of aryl methyl sites for hydroxylation is 1. The molecule has 0 aliphatic carbocycles. The zero-order chi connectivity index (χ0) is 25.4. The van der Waals surface area contributed by atoms with Gasteiger partial charge in [-0.15, -0.1) is 0 Å². The Bertz CT molecular complexity index is 1120. The van der Waals surface area contributed by atoms with Gasteiger partial charge < -0.3 is 10.2 Å². The van der Waals surface area contributed by atoms with Gasteiger partial charge in [-0.3, -0.25) is 9.59 Å². The van der Waals surface area contributed by atoms with E-state index in [1.807, 2.05) is 30.3 Å². The standard InChI is InChI=1S/C30H35FN2O2/c1-30(2,3)25-17-14-22(15-18-25)16-19-28(34)33(21-24-12-8-9-13-26(24)31)27(29(35)32-4)20-23-10-6-5-7-11-23/h5-15,17-18,27H,16,19-21H2,1-4H3,(H,32,35)/t27-/m0/s1. The van der Waals surface area contributed by atoms with E-state index >= 15 is 0 Å². The molecule has 3 aromatic carbocycles. The molecule has 3 rings (SSSR count). The molecule has 0 saturated heterocycles. The van der Waals surface area contributed by atoms with Gasteiger partial charge in [0.2, 0.25) is 11.8 Å². The first kappa shape index (κ1) is 26.1. The molecular weight excluding hydrogens is 439 g/mol. The molecule has 35 heavy (non-hydrogen) atoms. The van der Waals surface area contributed by atoms with Gasteiger partial charge in [-0.2, -0.15) is 0 Å². The lowest BCUT2D eigenvalue weighted by Gasteiger charge is -2.31. The lowest BCUT2D eigenvalue weighted by Crippen LogP contribution is -2.49. The van der Waals surface area contributed by atoms with Crippen molar-refractivity contribution >= 4 is 11.8 Å². The smallest absolute Gasteiger partial charge is 0.242 e. The quantitative estimate of drug-likeness (QED) is 0.449. The summed E-state index contributed by atoms with van der Waals surface area (Å²) in [6, 6.07) is 23.5. The van der Waals surface area contributed by atoms with Crippen LogP contribution in [0.3, 0.4) is 0 Å². The summed E-state index contributed by atoms with van der Waals surface area (Å²) in [5.74, 6) is -0.843. The van der Waals surface area contributed by atoms with E-state index in [-0.39, 0.29) is 30.2 Å². The third-order valence-corrected chi connectivity index (χ3v) is 6.26. The molecule has 0 radical (unpaired) electrons. The Balaban J connectivity index is 1.85. The van der Waals surface area contributed by atoms with Crippen molar-refractivity contribution in [1.29, 1.82) is 0 Å². The SMILES string of the molecule is CNC(=O)[C@H](Cc1ccccc1)N(Cc1ccccc1F)C(=O)CCc1ccc(C(C)(C)C)cc1. The number of hydrogen-bond acceptors (Lipinski definition) is 2. The van der Waals surface area contributed by atoms with Gasteiger partial charge >= 0.3 is 0 Å².